The van der Waals surface area contributed by atoms with E-state index in [2.05, 4.69) is 50.6 Å². The van der Waals surface area contributed by atoms with Crippen molar-refractivity contribution in [1.29, 1.82) is 0 Å². The van der Waals surface area contributed by atoms with Gasteiger partial charge in [-0.1, -0.05) is 39.3 Å². The summed E-state index contributed by atoms with van der Waals surface area (Å²) in [5.41, 5.74) is 2.29. The highest BCUT2D eigenvalue weighted by Crippen LogP contribution is 2.59. The molecule has 3 aliphatic rings. The molecule has 2 heteroatoms. The Morgan fingerprint density at radius 3 is 2.42 bits per heavy atom. The zero-order valence-electron chi connectivity index (χ0n) is 13.6. The van der Waals surface area contributed by atoms with Crippen molar-refractivity contribution in [3.63, 3.8) is 0 Å². The van der Waals surface area contributed by atoms with E-state index in [1.54, 1.807) is 5.57 Å². The monoisotopic (exact) mass is 264 g/mol. The number of fused-ring (bicyclic) bond motifs is 1. The summed E-state index contributed by atoms with van der Waals surface area (Å²) < 4.78 is 0. The molecule has 19 heavy (non-hydrogen) atoms. The second-order valence-corrected chi connectivity index (χ2v) is 7.09. The van der Waals surface area contributed by atoms with Crippen molar-refractivity contribution in [2.24, 2.45) is 17.3 Å². The Kier molecular flexibility index (Phi) is 4.73. The lowest BCUT2D eigenvalue weighted by Crippen LogP contribution is -2.49. The Balaban J connectivity index is 1.80. The molecule has 0 aliphatic heterocycles. The highest BCUT2D eigenvalue weighted by atomic mass is 15.2. The molecule has 0 heterocycles. The molecule has 2 bridgehead atoms. The van der Waals surface area contributed by atoms with Crippen LogP contribution in [-0.4, -0.2) is 49.6 Å². The summed E-state index contributed by atoms with van der Waals surface area (Å²) in [5.74, 6) is 1.82. The summed E-state index contributed by atoms with van der Waals surface area (Å²) >= 11 is 0. The van der Waals surface area contributed by atoms with Gasteiger partial charge < -0.3 is 9.80 Å². The van der Waals surface area contributed by atoms with Crippen molar-refractivity contribution >= 4 is 0 Å². The molecule has 0 spiro atoms. The molecule has 0 saturated heterocycles. The van der Waals surface area contributed by atoms with Gasteiger partial charge >= 0.3 is 0 Å². The lowest BCUT2D eigenvalue weighted by atomic mass is 9.49. The predicted molar refractivity (Wildman–Crippen MR) is 83.4 cm³/mol. The van der Waals surface area contributed by atoms with Crippen LogP contribution in [0.5, 0.6) is 0 Å². The predicted octanol–water partition coefficient (Wildman–Crippen LogP) is 3.25. The molecule has 2 unspecified atom stereocenters. The van der Waals surface area contributed by atoms with Gasteiger partial charge in [-0.15, -0.1) is 0 Å². The number of hydrogen-bond acceptors (Lipinski definition) is 2. The molecule has 1 saturated carbocycles. The maximum Gasteiger partial charge on any atom is 0.0193 e. The summed E-state index contributed by atoms with van der Waals surface area (Å²) in [6.45, 7) is 15.4. The lowest BCUT2D eigenvalue weighted by molar-refractivity contribution is -0.0101. The molecular formula is C17H32N2. The minimum absolute atomic E-state index is 0.573. The van der Waals surface area contributed by atoms with E-state index in [1.807, 2.05) is 0 Å². The van der Waals surface area contributed by atoms with E-state index in [-0.39, 0.29) is 0 Å². The normalized spacial score (nSPS) is 28.5. The average molecular weight is 264 g/mol. The van der Waals surface area contributed by atoms with Crippen molar-refractivity contribution < 1.29 is 0 Å². The van der Waals surface area contributed by atoms with E-state index in [0.29, 0.717) is 5.41 Å². The van der Waals surface area contributed by atoms with Gasteiger partial charge in [-0.3, -0.25) is 0 Å². The van der Waals surface area contributed by atoms with Crippen LogP contribution in [0.15, 0.2) is 11.6 Å². The molecule has 110 valence electrons. The van der Waals surface area contributed by atoms with Gasteiger partial charge in [0, 0.05) is 19.6 Å². The van der Waals surface area contributed by atoms with Gasteiger partial charge in [0.1, 0.15) is 0 Å². The number of hydrogen-bond donors (Lipinski definition) is 0. The maximum absolute atomic E-state index is 2.54. The molecule has 1 fully saturated rings. The van der Waals surface area contributed by atoms with Crippen LogP contribution in [0, 0.1) is 17.3 Å². The second kappa shape index (κ2) is 5.97. The van der Waals surface area contributed by atoms with Gasteiger partial charge in [-0.25, -0.2) is 0 Å². The fourth-order valence-electron chi connectivity index (χ4n) is 3.90. The minimum atomic E-state index is 0.573. The Morgan fingerprint density at radius 2 is 1.89 bits per heavy atom. The van der Waals surface area contributed by atoms with Gasteiger partial charge in [0.25, 0.3) is 0 Å². The largest absolute Gasteiger partial charge is 0.303 e. The van der Waals surface area contributed by atoms with Crippen molar-refractivity contribution in [3.05, 3.63) is 11.6 Å². The summed E-state index contributed by atoms with van der Waals surface area (Å²) in [6.07, 6.45) is 5.31. The number of nitrogens with zero attached hydrogens (tertiary/aromatic N) is 2. The van der Waals surface area contributed by atoms with Crippen LogP contribution < -0.4 is 0 Å². The summed E-state index contributed by atoms with van der Waals surface area (Å²) in [6, 6.07) is 0. The first-order chi connectivity index (χ1) is 8.98. The van der Waals surface area contributed by atoms with Crippen molar-refractivity contribution in [1.82, 2.24) is 9.80 Å². The maximum atomic E-state index is 2.54. The van der Waals surface area contributed by atoms with Crippen LogP contribution in [0.2, 0.25) is 0 Å². The second-order valence-electron chi connectivity index (χ2n) is 7.09. The van der Waals surface area contributed by atoms with E-state index in [0.717, 1.165) is 11.8 Å². The van der Waals surface area contributed by atoms with Gasteiger partial charge in [0.15, 0.2) is 0 Å². The molecular weight excluding hydrogens is 232 g/mol. The Labute approximate surface area is 119 Å². The smallest absolute Gasteiger partial charge is 0.0193 e. The molecule has 0 radical (unpaired) electrons. The minimum Gasteiger partial charge on any atom is -0.303 e. The number of allylic oxidation sites excluding steroid dienone is 1. The van der Waals surface area contributed by atoms with Gasteiger partial charge in [0.05, 0.1) is 0 Å². The molecule has 2 nitrogen and oxygen atoms in total. The third-order valence-electron chi connectivity index (χ3n) is 5.73. The average Bonchev–Trinajstić information content (AvgIpc) is 2.39. The van der Waals surface area contributed by atoms with E-state index < -0.39 is 0 Å². The van der Waals surface area contributed by atoms with Crippen LogP contribution >= 0.6 is 0 Å². The van der Waals surface area contributed by atoms with Gasteiger partial charge in [0.2, 0.25) is 0 Å². The molecule has 0 aromatic carbocycles. The zero-order valence-corrected chi connectivity index (χ0v) is 13.6. The van der Waals surface area contributed by atoms with Crippen LogP contribution in [-0.2, 0) is 0 Å². The zero-order chi connectivity index (χ0) is 14.0. The summed E-state index contributed by atoms with van der Waals surface area (Å²) in [5, 5.41) is 0. The fraction of sp³-hybridized carbons (Fsp3) is 0.882. The Morgan fingerprint density at radius 1 is 1.21 bits per heavy atom. The highest BCUT2D eigenvalue weighted by molar-refractivity contribution is 5.24. The molecule has 0 N–H and O–H groups in total. The van der Waals surface area contributed by atoms with Crippen LogP contribution in [0.3, 0.4) is 0 Å². The first-order valence-corrected chi connectivity index (χ1v) is 8.08. The molecule has 2 atom stereocenters. The van der Waals surface area contributed by atoms with Gasteiger partial charge in [-0.2, -0.15) is 0 Å². The molecule has 3 rings (SSSR count). The third-order valence-corrected chi connectivity index (χ3v) is 5.73. The summed E-state index contributed by atoms with van der Waals surface area (Å²) in [4.78, 5) is 5.02. The Bertz CT molecular complexity index is 328. The standard InChI is InChI=1S/C17H32N2/c1-6-19(7-2)11-10-18(5)13-14-8-9-15-12-16(14)17(15,3)4/h8,15-16H,6-7,9-13H2,1-5H3. The molecule has 3 aliphatic carbocycles. The third kappa shape index (κ3) is 3.05. The lowest BCUT2D eigenvalue weighted by Gasteiger charge is -2.57. The van der Waals surface area contributed by atoms with Crippen LogP contribution in [0.1, 0.15) is 40.5 Å². The van der Waals surface area contributed by atoms with Crippen LogP contribution in [0.4, 0.5) is 0 Å². The van der Waals surface area contributed by atoms with E-state index in [4.69, 9.17) is 0 Å². The highest BCUT2D eigenvalue weighted by Gasteiger charge is 2.50. The first-order valence-electron chi connectivity index (χ1n) is 8.08. The van der Waals surface area contributed by atoms with Crippen LogP contribution in [0.25, 0.3) is 0 Å². The van der Waals surface area contributed by atoms with Gasteiger partial charge in [-0.05, 0) is 50.2 Å². The molecule has 0 aromatic rings. The van der Waals surface area contributed by atoms with E-state index in [9.17, 15) is 0 Å². The van der Waals surface area contributed by atoms with Crippen molar-refractivity contribution in [2.75, 3.05) is 39.8 Å². The quantitative estimate of drug-likeness (QED) is 0.651. The number of likely N-dealkylation sites (N-methyl/N-ethyl adjacent to an activating group) is 2. The summed E-state index contributed by atoms with van der Waals surface area (Å²) in [7, 11) is 2.28. The van der Waals surface area contributed by atoms with Crippen molar-refractivity contribution in [3.8, 4) is 0 Å². The molecule has 0 amide bonds. The SMILES string of the molecule is CCN(CC)CCN(C)CC1=CCC2CC1C2(C)C. The van der Waals surface area contributed by atoms with E-state index in [1.165, 1.54) is 45.6 Å². The Hall–Kier alpha value is -0.340. The van der Waals surface area contributed by atoms with Crippen molar-refractivity contribution in [2.45, 2.75) is 40.5 Å². The molecule has 0 aromatic heterocycles. The fourth-order valence-corrected chi connectivity index (χ4v) is 3.90. The first kappa shape index (κ1) is 15.1. The van der Waals surface area contributed by atoms with E-state index >= 15 is 0 Å². The topological polar surface area (TPSA) is 6.48 Å². The number of rotatable bonds is 7.